The van der Waals surface area contributed by atoms with E-state index in [1.54, 1.807) is 0 Å². The van der Waals surface area contributed by atoms with Crippen LogP contribution in [0.5, 0.6) is 0 Å². The van der Waals surface area contributed by atoms with Crippen molar-refractivity contribution in [3.8, 4) is 0 Å². The Morgan fingerprint density at radius 1 is 1.09 bits per heavy atom. The molecule has 0 unspecified atom stereocenters. The van der Waals surface area contributed by atoms with Crippen molar-refractivity contribution in [3.05, 3.63) is 29.3 Å². The Labute approximate surface area is 126 Å². The standard InChI is InChI=1S/C15H15NO6/c17-12-6-7-13(18)16(12)10-4-5-11(15(21)22)9(8-10)2-1-3-14(19)20/h4-5,8H,1-3,6-7H2,(H,19,20)(H,21,22). The lowest BCUT2D eigenvalue weighted by atomic mass is 10.0. The molecule has 22 heavy (non-hydrogen) atoms. The minimum Gasteiger partial charge on any atom is -0.481 e. The Bertz CT molecular complexity index is 635. The number of carboxylic acid groups (broad SMARTS) is 2. The van der Waals surface area contributed by atoms with E-state index in [9.17, 15) is 24.3 Å². The molecule has 7 nitrogen and oxygen atoms in total. The summed E-state index contributed by atoms with van der Waals surface area (Å²) in [4.78, 5) is 46.3. The molecule has 2 amide bonds. The first-order valence-electron chi connectivity index (χ1n) is 6.84. The molecular formula is C15H15NO6. The number of benzene rings is 1. The largest absolute Gasteiger partial charge is 0.481 e. The van der Waals surface area contributed by atoms with Gasteiger partial charge < -0.3 is 10.2 Å². The summed E-state index contributed by atoms with van der Waals surface area (Å²) in [6, 6.07) is 4.24. The maximum absolute atomic E-state index is 11.7. The Morgan fingerprint density at radius 3 is 2.27 bits per heavy atom. The summed E-state index contributed by atoms with van der Waals surface area (Å²) in [6.45, 7) is 0. The van der Waals surface area contributed by atoms with Crippen LogP contribution in [0.4, 0.5) is 5.69 Å². The van der Waals surface area contributed by atoms with Gasteiger partial charge in [-0.05, 0) is 36.6 Å². The number of carbonyl (C=O) groups excluding carboxylic acids is 2. The zero-order valence-electron chi connectivity index (χ0n) is 11.7. The van der Waals surface area contributed by atoms with Crippen molar-refractivity contribution < 1.29 is 29.4 Å². The number of aliphatic carboxylic acids is 1. The number of amides is 2. The van der Waals surface area contributed by atoms with Crippen LogP contribution in [0.3, 0.4) is 0 Å². The first-order valence-corrected chi connectivity index (χ1v) is 6.84. The van der Waals surface area contributed by atoms with E-state index in [2.05, 4.69) is 0 Å². The molecule has 2 rings (SSSR count). The van der Waals surface area contributed by atoms with Crippen LogP contribution in [-0.4, -0.2) is 34.0 Å². The van der Waals surface area contributed by atoms with Crippen LogP contribution < -0.4 is 4.90 Å². The van der Waals surface area contributed by atoms with Crippen molar-refractivity contribution >= 4 is 29.4 Å². The number of carboxylic acids is 2. The van der Waals surface area contributed by atoms with E-state index in [0.717, 1.165) is 4.90 Å². The molecule has 1 aliphatic rings. The Morgan fingerprint density at radius 2 is 1.73 bits per heavy atom. The third-order valence-electron chi connectivity index (χ3n) is 3.47. The molecule has 1 fully saturated rings. The summed E-state index contributed by atoms with van der Waals surface area (Å²) >= 11 is 0. The summed E-state index contributed by atoms with van der Waals surface area (Å²) in [5, 5.41) is 17.8. The summed E-state index contributed by atoms with van der Waals surface area (Å²) in [6.07, 6.45) is 0.742. The van der Waals surface area contributed by atoms with Gasteiger partial charge in [0.25, 0.3) is 0 Å². The molecule has 0 bridgehead atoms. The second-order valence-electron chi connectivity index (χ2n) is 5.02. The van der Waals surface area contributed by atoms with Crippen LogP contribution in [0.25, 0.3) is 0 Å². The van der Waals surface area contributed by atoms with Gasteiger partial charge >= 0.3 is 11.9 Å². The predicted octanol–water partition coefficient (Wildman–Crippen LogP) is 1.45. The van der Waals surface area contributed by atoms with Gasteiger partial charge in [-0.2, -0.15) is 0 Å². The first-order chi connectivity index (χ1) is 10.4. The predicted molar refractivity (Wildman–Crippen MR) is 75.7 cm³/mol. The maximum Gasteiger partial charge on any atom is 0.335 e. The van der Waals surface area contributed by atoms with E-state index >= 15 is 0 Å². The number of hydrogen-bond acceptors (Lipinski definition) is 4. The van der Waals surface area contributed by atoms with Crippen LogP contribution in [0.15, 0.2) is 18.2 Å². The molecule has 1 aliphatic heterocycles. The lowest BCUT2D eigenvalue weighted by Gasteiger charge is -2.16. The number of aromatic carboxylic acids is 1. The van der Waals surface area contributed by atoms with E-state index < -0.39 is 11.9 Å². The molecule has 0 aliphatic carbocycles. The summed E-state index contributed by atoms with van der Waals surface area (Å²) in [5.41, 5.74) is 0.801. The van der Waals surface area contributed by atoms with Crippen LogP contribution >= 0.6 is 0 Å². The molecule has 1 saturated heterocycles. The van der Waals surface area contributed by atoms with Crippen molar-refractivity contribution in [1.29, 1.82) is 0 Å². The van der Waals surface area contributed by atoms with Crippen molar-refractivity contribution in [2.75, 3.05) is 4.90 Å². The van der Waals surface area contributed by atoms with Gasteiger partial charge in [0, 0.05) is 19.3 Å². The minimum absolute atomic E-state index is 0.0493. The highest BCUT2D eigenvalue weighted by atomic mass is 16.4. The van der Waals surface area contributed by atoms with Crippen molar-refractivity contribution in [1.82, 2.24) is 0 Å². The smallest absolute Gasteiger partial charge is 0.335 e. The minimum atomic E-state index is -1.13. The maximum atomic E-state index is 11.7. The number of carbonyl (C=O) groups is 4. The van der Waals surface area contributed by atoms with Gasteiger partial charge in [-0.1, -0.05) is 0 Å². The zero-order valence-corrected chi connectivity index (χ0v) is 11.7. The molecule has 116 valence electrons. The Hall–Kier alpha value is -2.70. The monoisotopic (exact) mass is 305 g/mol. The molecule has 0 saturated carbocycles. The van der Waals surface area contributed by atoms with E-state index in [1.807, 2.05) is 0 Å². The van der Waals surface area contributed by atoms with Crippen LogP contribution in [-0.2, 0) is 20.8 Å². The van der Waals surface area contributed by atoms with Crippen LogP contribution in [0.1, 0.15) is 41.6 Å². The molecule has 7 heteroatoms. The summed E-state index contributed by atoms with van der Waals surface area (Å²) in [5.74, 6) is -2.72. The van der Waals surface area contributed by atoms with Gasteiger partial charge in [0.15, 0.2) is 0 Å². The normalized spacial score (nSPS) is 14.5. The SMILES string of the molecule is O=C(O)CCCc1cc(N2C(=O)CCC2=O)ccc1C(=O)O. The molecule has 0 atom stereocenters. The molecule has 1 aromatic carbocycles. The van der Waals surface area contributed by atoms with E-state index in [1.165, 1.54) is 18.2 Å². The molecular weight excluding hydrogens is 290 g/mol. The third-order valence-corrected chi connectivity index (χ3v) is 3.47. The summed E-state index contributed by atoms with van der Waals surface area (Å²) in [7, 11) is 0. The number of imide groups is 1. The Kier molecular flexibility index (Phi) is 4.55. The van der Waals surface area contributed by atoms with Gasteiger partial charge in [0.1, 0.15) is 0 Å². The molecule has 1 aromatic rings. The number of rotatable bonds is 6. The molecule has 0 aromatic heterocycles. The first kappa shape index (κ1) is 15.7. The van der Waals surface area contributed by atoms with Crippen LogP contribution in [0, 0.1) is 0 Å². The van der Waals surface area contributed by atoms with Gasteiger partial charge in [-0.25, -0.2) is 4.79 Å². The lowest BCUT2D eigenvalue weighted by molar-refractivity contribution is -0.137. The van der Waals surface area contributed by atoms with Crippen molar-refractivity contribution in [3.63, 3.8) is 0 Å². The molecule has 2 N–H and O–H groups in total. The zero-order chi connectivity index (χ0) is 16.3. The van der Waals surface area contributed by atoms with Gasteiger partial charge in [-0.15, -0.1) is 0 Å². The molecule has 1 heterocycles. The van der Waals surface area contributed by atoms with Crippen LogP contribution in [0.2, 0.25) is 0 Å². The average Bonchev–Trinajstić information content (AvgIpc) is 2.77. The van der Waals surface area contributed by atoms with Gasteiger partial charge in [0.05, 0.1) is 11.3 Å². The highest BCUT2D eigenvalue weighted by Gasteiger charge is 2.30. The third kappa shape index (κ3) is 3.30. The van der Waals surface area contributed by atoms with Crippen molar-refractivity contribution in [2.24, 2.45) is 0 Å². The number of nitrogens with zero attached hydrogens (tertiary/aromatic N) is 1. The number of aryl methyl sites for hydroxylation is 1. The highest BCUT2D eigenvalue weighted by Crippen LogP contribution is 2.26. The van der Waals surface area contributed by atoms with E-state index in [4.69, 9.17) is 5.11 Å². The topological polar surface area (TPSA) is 112 Å². The molecule has 0 radical (unpaired) electrons. The number of anilines is 1. The highest BCUT2D eigenvalue weighted by molar-refractivity contribution is 6.19. The van der Waals surface area contributed by atoms with Crippen molar-refractivity contribution in [2.45, 2.75) is 32.1 Å². The second-order valence-corrected chi connectivity index (χ2v) is 5.02. The fourth-order valence-electron chi connectivity index (χ4n) is 2.43. The lowest BCUT2D eigenvalue weighted by Crippen LogP contribution is -2.28. The fourth-order valence-corrected chi connectivity index (χ4v) is 2.43. The van der Waals surface area contributed by atoms with Gasteiger partial charge in [0.2, 0.25) is 11.8 Å². The Balaban J connectivity index is 2.30. The van der Waals surface area contributed by atoms with E-state index in [0.29, 0.717) is 11.3 Å². The quantitative estimate of drug-likeness (QED) is 0.769. The number of hydrogen-bond donors (Lipinski definition) is 2. The van der Waals surface area contributed by atoms with E-state index in [-0.39, 0.29) is 49.5 Å². The van der Waals surface area contributed by atoms with Gasteiger partial charge in [-0.3, -0.25) is 19.3 Å². The second kappa shape index (κ2) is 6.38. The summed E-state index contributed by atoms with van der Waals surface area (Å²) < 4.78 is 0. The molecule has 0 spiro atoms. The fraction of sp³-hybridized carbons (Fsp3) is 0.333. The average molecular weight is 305 g/mol.